The summed E-state index contributed by atoms with van der Waals surface area (Å²) in [5.41, 5.74) is 0. The van der Waals surface area contributed by atoms with Crippen molar-refractivity contribution in [2.75, 3.05) is 0 Å². The van der Waals surface area contributed by atoms with E-state index in [0.717, 1.165) is 0 Å². The van der Waals surface area contributed by atoms with Crippen molar-refractivity contribution in [2.45, 2.75) is 58.8 Å². The fourth-order valence-electron chi connectivity index (χ4n) is 3.24. The van der Waals surface area contributed by atoms with Crippen LogP contribution in [0.25, 0.3) is 0 Å². The molecule has 7 atom stereocenters. The minimum absolute atomic E-state index is 0. The van der Waals surface area contributed by atoms with Crippen molar-refractivity contribution in [1.82, 2.24) is 0 Å². The summed E-state index contributed by atoms with van der Waals surface area (Å²) in [6, 6.07) is 0. The van der Waals surface area contributed by atoms with Gasteiger partial charge < -0.3 is 24.2 Å². The van der Waals surface area contributed by atoms with Crippen molar-refractivity contribution >= 4 is 13.8 Å². The number of hydrogen-bond acceptors (Lipinski definition) is 6. The van der Waals surface area contributed by atoms with Crippen LogP contribution in [-0.4, -0.2) is 34.3 Å². The van der Waals surface area contributed by atoms with Gasteiger partial charge in [0.15, 0.2) is 0 Å². The molecule has 1 rings (SSSR count). The predicted molar refractivity (Wildman–Crippen MR) is 110 cm³/mol. The summed E-state index contributed by atoms with van der Waals surface area (Å²) in [4.78, 5) is 32.0. The Morgan fingerprint density at radius 1 is 1.27 bits per heavy atom. The third-order valence-corrected chi connectivity index (χ3v) is 5.54. The van der Waals surface area contributed by atoms with E-state index < -0.39 is 31.9 Å². The SMILES string of the molecule is C/C=C/C=C/C=C/[C@H](O)[C@H](C)[C@H](CC[C@H](C)[C@@H]1OC(=O)C=C[C@@H]1C)OP(=O)([O-])O.[Na+]. The summed E-state index contributed by atoms with van der Waals surface area (Å²) in [7, 11) is -4.98. The Labute approximate surface area is 201 Å². The molecule has 0 fully saturated rings. The Hall–Kier alpha value is -0.500. The molecule has 0 aromatic rings. The van der Waals surface area contributed by atoms with Crippen molar-refractivity contribution < 1.29 is 63.1 Å². The zero-order valence-electron chi connectivity index (χ0n) is 18.4. The van der Waals surface area contributed by atoms with Crippen LogP contribution in [0, 0.1) is 17.8 Å². The van der Waals surface area contributed by atoms with E-state index in [1.54, 1.807) is 31.2 Å². The quantitative estimate of drug-likeness (QED) is 0.198. The molecule has 1 heterocycles. The Morgan fingerprint density at radius 3 is 2.50 bits per heavy atom. The van der Waals surface area contributed by atoms with Gasteiger partial charge in [0, 0.05) is 17.9 Å². The molecule has 1 unspecified atom stereocenters. The number of carbonyl (C=O) groups is 1. The van der Waals surface area contributed by atoms with E-state index in [-0.39, 0.29) is 53.9 Å². The minimum atomic E-state index is -4.98. The molecule has 1 aliphatic rings. The van der Waals surface area contributed by atoms with Gasteiger partial charge in [-0.05, 0) is 25.7 Å². The van der Waals surface area contributed by atoms with Crippen molar-refractivity contribution in [2.24, 2.45) is 17.8 Å². The van der Waals surface area contributed by atoms with Crippen molar-refractivity contribution in [1.29, 1.82) is 0 Å². The fraction of sp³-hybridized carbons (Fsp3) is 0.571. The van der Waals surface area contributed by atoms with Crippen LogP contribution in [0.3, 0.4) is 0 Å². The number of ether oxygens (including phenoxy) is 1. The van der Waals surface area contributed by atoms with E-state index in [4.69, 9.17) is 14.2 Å². The maximum absolute atomic E-state index is 11.5. The van der Waals surface area contributed by atoms with Gasteiger partial charge in [0.1, 0.15) is 6.10 Å². The van der Waals surface area contributed by atoms with Crippen molar-refractivity contribution in [3.8, 4) is 0 Å². The standard InChI is InChI=1S/C21H33O7P.Na/c1-5-6-7-8-9-10-18(22)17(4)19(28-29(24,25)26)13-11-15(2)21-16(3)12-14-20(23)27-21;/h5-10,12,14-19,21-22H,11,13H2,1-4H3,(H2,24,25,26);/q;+1/p-1/b6-5+,8-7+,10-9+;/t15-,16-,17-,18-,19-,21-;/m0./s1. The summed E-state index contributed by atoms with van der Waals surface area (Å²) in [5.74, 6) is -1.000. The summed E-state index contributed by atoms with van der Waals surface area (Å²) >= 11 is 0. The van der Waals surface area contributed by atoms with Gasteiger partial charge >= 0.3 is 35.5 Å². The Balaban J connectivity index is 0.00000841. The van der Waals surface area contributed by atoms with Gasteiger partial charge in [-0.1, -0.05) is 63.3 Å². The molecule has 1 aliphatic heterocycles. The van der Waals surface area contributed by atoms with E-state index in [9.17, 15) is 19.4 Å². The number of cyclic esters (lactones) is 1. The molecule has 0 aromatic carbocycles. The van der Waals surface area contributed by atoms with Crippen LogP contribution >= 0.6 is 7.82 Å². The number of hydrogen-bond donors (Lipinski definition) is 2. The molecule has 0 spiro atoms. The maximum Gasteiger partial charge on any atom is 1.00 e. The van der Waals surface area contributed by atoms with E-state index in [0.29, 0.717) is 6.42 Å². The third-order valence-electron chi connectivity index (χ3n) is 5.00. The van der Waals surface area contributed by atoms with Crippen LogP contribution < -0.4 is 34.5 Å². The van der Waals surface area contributed by atoms with Gasteiger partial charge in [0.25, 0.3) is 7.82 Å². The van der Waals surface area contributed by atoms with Crippen LogP contribution in [0.5, 0.6) is 0 Å². The van der Waals surface area contributed by atoms with Crippen LogP contribution in [0.1, 0.15) is 40.5 Å². The van der Waals surface area contributed by atoms with E-state index >= 15 is 0 Å². The van der Waals surface area contributed by atoms with Gasteiger partial charge in [-0.2, -0.15) is 0 Å². The van der Waals surface area contributed by atoms with Gasteiger partial charge in [0.2, 0.25) is 0 Å². The van der Waals surface area contributed by atoms with Gasteiger partial charge in [-0.3, -0.25) is 4.57 Å². The summed E-state index contributed by atoms with van der Waals surface area (Å²) in [6.45, 7) is 7.39. The van der Waals surface area contributed by atoms with Crippen LogP contribution in [0.2, 0.25) is 0 Å². The number of esters is 1. The molecular weight excluding hydrogens is 418 g/mol. The van der Waals surface area contributed by atoms with Crippen LogP contribution in [0.4, 0.5) is 0 Å². The minimum Gasteiger partial charge on any atom is -0.756 e. The summed E-state index contributed by atoms with van der Waals surface area (Å²) in [5, 5.41) is 10.4. The molecule has 0 amide bonds. The van der Waals surface area contributed by atoms with Gasteiger partial charge in [0.05, 0.1) is 12.2 Å². The second kappa shape index (κ2) is 14.5. The molecule has 164 valence electrons. The Morgan fingerprint density at radius 2 is 1.90 bits per heavy atom. The van der Waals surface area contributed by atoms with Gasteiger partial charge in [-0.25, -0.2) is 4.79 Å². The molecule has 9 heteroatoms. The Bertz CT molecular complexity index is 683. The normalized spacial score (nSPS) is 25.6. The van der Waals surface area contributed by atoms with Crippen molar-refractivity contribution in [3.63, 3.8) is 0 Å². The van der Waals surface area contributed by atoms with Gasteiger partial charge in [-0.15, -0.1) is 0 Å². The van der Waals surface area contributed by atoms with E-state index in [1.807, 2.05) is 32.9 Å². The first kappa shape index (κ1) is 29.5. The molecule has 7 nitrogen and oxygen atoms in total. The summed E-state index contributed by atoms with van der Waals surface area (Å²) < 4.78 is 21.5. The first-order valence-corrected chi connectivity index (χ1v) is 11.3. The molecular formula is C21H32NaO7P. The average Bonchev–Trinajstić information content (AvgIpc) is 2.64. The second-order valence-electron chi connectivity index (χ2n) is 7.43. The number of phosphoric acid groups is 1. The molecule has 0 saturated heterocycles. The number of phosphoric ester groups is 1. The zero-order valence-corrected chi connectivity index (χ0v) is 21.3. The van der Waals surface area contributed by atoms with E-state index in [2.05, 4.69) is 0 Å². The molecule has 0 aromatic heterocycles. The maximum atomic E-state index is 11.5. The smallest absolute Gasteiger partial charge is 0.756 e. The number of aliphatic hydroxyl groups excluding tert-OH is 1. The zero-order chi connectivity index (χ0) is 22.0. The molecule has 0 aliphatic carbocycles. The first-order chi connectivity index (χ1) is 13.5. The number of rotatable bonds is 11. The molecule has 0 bridgehead atoms. The van der Waals surface area contributed by atoms with E-state index in [1.165, 1.54) is 12.2 Å². The second-order valence-corrected chi connectivity index (χ2v) is 8.58. The molecule has 30 heavy (non-hydrogen) atoms. The van der Waals surface area contributed by atoms with Crippen LogP contribution in [-0.2, 0) is 18.6 Å². The largest absolute Gasteiger partial charge is 1.00 e. The monoisotopic (exact) mass is 450 g/mol. The predicted octanol–water partition coefficient (Wildman–Crippen LogP) is 0.0558. The molecule has 0 saturated carbocycles. The third kappa shape index (κ3) is 11.2. The fourth-order valence-corrected chi connectivity index (χ4v) is 3.88. The Kier molecular flexibility index (Phi) is 14.3. The summed E-state index contributed by atoms with van der Waals surface area (Å²) in [6.07, 6.45) is 12.2. The van der Waals surface area contributed by atoms with Crippen molar-refractivity contribution in [3.05, 3.63) is 48.6 Å². The number of carbonyl (C=O) groups excluding carboxylic acids is 1. The number of allylic oxidation sites excluding steroid dienone is 5. The molecule has 2 N–H and O–H groups in total. The first-order valence-electron chi connectivity index (χ1n) is 9.80. The van der Waals surface area contributed by atoms with Crippen LogP contribution in [0.15, 0.2) is 48.6 Å². The topological polar surface area (TPSA) is 116 Å². The molecule has 0 radical (unpaired) electrons. The average molecular weight is 450 g/mol. The number of aliphatic hydroxyl groups is 1.